The zero-order valence-corrected chi connectivity index (χ0v) is 19.6. The van der Waals surface area contributed by atoms with Crippen molar-refractivity contribution in [1.82, 2.24) is 30.0 Å². The number of piperidine rings is 2. The number of rotatable bonds is 5. The summed E-state index contributed by atoms with van der Waals surface area (Å²) in [6.45, 7) is 0. The van der Waals surface area contributed by atoms with Crippen LogP contribution in [0.25, 0.3) is 22.6 Å². The smallest absolute Gasteiger partial charge is 0.350 e. The molecule has 0 radical (unpaired) electrons. The van der Waals surface area contributed by atoms with Gasteiger partial charge >= 0.3 is 5.69 Å². The van der Waals surface area contributed by atoms with E-state index in [1.807, 2.05) is 0 Å². The molecule has 1 aliphatic carbocycles. The zero-order chi connectivity index (χ0) is 24.1. The van der Waals surface area contributed by atoms with Gasteiger partial charge in [-0.2, -0.15) is 9.37 Å². The summed E-state index contributed by atoms with van der Waals surface area (Å²) in [7, 11) is 1.31. The van der Waals surface area contributed by atoms with Gasteiger partial charge in [0, 0.05) is 42.8 Å². The van der Waals surface area contributed by atoms with E-state index in [1.165, 1.54) is 45.2 Å². The van der Waals surface area contributed by atoms with E-state index in [4.69, 9.17) is 0 Å². The van der Waals surface area contributed by atoms with Crippen molar-refractivity contribution < 1.29 is 9.50 Å². The number of nitrogens with one attached hydrogen (secondary N) is 1. The first kappa shape index (κ1) is 22.1. The Morgan fingerprint density at radius 3 is 2.49 bits per heavy atom. The molecule has 3 aliphatic rings. The average molecular weight is 478 g/mol. The number of benzene rings is 1. The largest absolute Gasteiger partial charge is 0.507 e. The van der Waals surface area contributed by atoms with Crippen LogP contribution in [-0.4, -0.2) is 54.0 Å². The van der Waals surface area contributed by atoms with Gasteiger partial charge in [0.25, 0.3) is 0 Å². The first-order valence-electron chi connectivity index (χ1n) is 12.3. The minimum Gasteiger partial charge on any atom is -0.507 e. The van der Waals surface area contributed by atoms with Gasteiger partial charge in [-0.25, -0.2) is 9.78 Å². The molecule has 3 aromatic rings. The van der Waals surface area contributed by atoms with E-state index in [-0.39, 0.29) is 11.4 Å². The lowest BCUT2D eigenvalue weighted by atomic mass is 9.83. The van der Waals surface area contributed by atoms with Crippen LogP contribution in [0.2, 0.25) is 0 Å². The van der Waals surface area contributed by atoms with Crippen molar-refractivity contribution in [1.29, 1.82) is 0 Å². The molecular formula is C25H28FN7O2. The van der Waals surface area contributed by atoms with Gasteiger partial charge in [-0.05, 0) is 50.7 Å². The first-order chi connectivity index (χ1) is 17.0. The predicted octanol–water partition coefficient (Wildman–Crippen LogP) is 2.79. The van der Waals surface area contributed by atoms with Gasteiger partial charge in [0.2, 0.25) is 0 Å². The number of halogens is 1. The normalized spacial score (nSPS) is 23.8. The number of aromatic nitrogens is 5. The average Bonchev–Trinajstić information content (AvgIpc) is 3.68. The van der Waals surface area contributed by atoms with Gasteiger partial charge in [0.05, 0.1) is 17.5 Å². The Hall–Kier alpha value is -3.40. The number of phenols is 1. The van der Waals surface area contributed by atoms with Crippen molar-refractivity contribution >= 4 is 5.82 Å². The van der Waals surface area contributed by atoms with Crippen LogP contribution in [0.4, 0.5) is 10.2 Å². The summed E-state index contributed by atoms with van der Waals surface area (Å²) in [5.74, 6) is 0.297. The highest BCUT2D eigenvalue weighted by Gasteiger charge is 2.40. The Morgan fingerprint density at radius 1 is 1.09 bits per heavy atom. The van der Waals surface area contributed by atoms with E-state index in [2.05, 4.69) is 30.4 Å². The summed E-state index contributed by atoms with van der Waals surface area (Å²) in [5, 5.41) is 23.3. The summed E-state index contributed by atoms with van der Waals surface area (Å²) >= 11 is 0. The van der Waals surface area contributed by atoms with Crippen LogP contribution in [0.1, 0.15) is 44.9 Å². The number of anilines is 1. The molecule has 4 heterocycles. The maximum Gasteiger partial charge on any atom is 0.350 e. The Kier molecular flexibility index (Phi) is 5.47. The van der Waals surface area contributed by atoms with Crippen molar-refractivity contribution in [2.45, 2.75) is 69.1 Å². The second-order valence-electron chi connectivity index (χ2n) is 9.93. The molecular weight excluding hydrogens is 449 g/mol. The van der Waals surface area contributed by atoms with Crippen molar-refractivity contribution in [3.8, 4) is 28.4 Å². The van der Waals surface area contributed by atoms with Gasteiger partial charge in [0.1, 0.15) is 5.75 Å². The van der Waals surface area contributed by atoms with Gasteiger partial charge in [0.15, 0.2) is 17.6 Å². The Labute approximate surface area is 202 Å². The predicted molar refractivity (Wildman–Crippen MR) is 128 cm³/mol. The maximum absolute atomic E-state index is 14.0. The lowest BCUT2D eigenvalue weighted by Gasteiger charge is -2.45. The van der Waals surface area contributed by atoms with Crippen LogP contribution in [0.5, 0.6) is 5.75 Å². The number of hydrogen-bond donors (Lipinski definition) is 2. The lowest BCUT2D eigenvalue weighted by Crippen LogP contribution is -2.55. The minimum absolute atomic E-state index is 0.0924. The lowest BCUT2D eigenvalue weighted by molar-refractivity contribution is 0.215. The number of hydrogen-bond acceptors (Lipinski definition) is 8. The third-order valence-corrected chi connectivity index (χ3v) is 7.45. The molecule has 10 heteroatoms. The van der Waals surface area contributed by atoms with Crippen molar-refractivity contribution in [3.63, 3.8) is 0 Å². The first-order valence-corrected chi connectivity index (χ1v) is 12.3. The number of phenolic OH excluding ortho intramolecular Hbond substituents is 1. The quantitative estimate of drug-likeness (QED) is 0.540. The fraction of sp³-hybridized carbons (Fsp3) is 0.480. The molecule has 2 saturated heterocycles. The number of aromatic hydroxyl groups is 1. The molecule has 6 rings (SSSR count). The van der Waals surface area contributed by atoms with E-state index >= 15 is 0 Å². The van der Waals surface area contributed by atoms with Crippen LogP contribution in [-0.2, 0) is 7.05 Å². The highest BCUT2D eigenvalue weighted by Crippen LogP contribution is 2.38. The third kappa shape index (κ3) is 4.27. The van der Waals surface area contributed by atoms with Gasteiger partial charge in [-0.3, -0.25) is 4.57 Å². The zero-order valence-electron chi connectivity index (χ0n) is 19.6. The SMILES string of the molecule is Cn1c(F)cc(-c2ccc(-c3ncc(N(C4CC4)[C@@H]4C[C@H]5CCC[C@@H](C4)N5)nn3)c(O)c2)nc1=O. The van der Waals surface area contributed by atoms with Gasteiger partial charge < -0.3 is 15.3 Å². The van der Waals surface area contributed by atoms with Crippen molar-refractivity contribution in [3.05, 3.63) is 46.9 Å². The van der Waals surface area contributed by atoms with E-state index < -0.39 is 11.6 Å². The highest BCUT2D eigenvalue weighted by atomic mass is 19.1. The van der Waals surface area contributed by atoms with Crippen LogP contribution in [0, 0.1) is 5.95 Å². The summed E-state index contributed by atoms with van der Waals surface area (Å²) in [6, 6.07) is 7.97. The summed E-state index contributed by atoms with van der Waals surface area (Å²) in [4.78, 5) is 22.7. The number of nitrogens with zero attached hydrogens (tertiary/aromatic N) is 6. The molecule has 9 nitrogen and oxygen atoms in total. The molecule has 3 fully saturated rings. The molecule has 0 unspecified atom stereocenters. The highest BCUT2D eigenvalue weighted by molar-refractivity contribution is 5.71. The molecule has 182 valence electrons. The summed E-state index contributed by atoms with van der Waals surface area (Å²) in [5.41, 5.74) is 0.271. The Balaban J connectivity index is 1.25. The van der Waals surface area contributed by atoms with Gasteiger partial charge in [-0.15, -0.1) is 10.2 Å². The van der Waals surface area contributed by atoms with Gasteiger partial charge in [-0.1, -0.05) is 12.5 Å². The maximum atomic E-state index is 14.0. The molecule has 2 aliphatic heterocycles. The monoisotopic (exact) mass is 477 g/mol. The standard InChI is InChI=1S/C25H28FN7O2/c1-32-22(26)12-20(29-25(32)35)14-5-8-19(21(34)9-14)24-27-13-23(30-31-24)33(17-6-7-17)18-10-15-3-2-4-16(11-18)28-15/h5,8-9,12-13,15-18,28,34H,2-4,6-7,10-11H2,1H3/t15-,16+,18-. The second kappa shape index (κ2) is 8.67. The van der Waals surface area contributed by atoms with Crippen molar-refractivity contribution in [2.75, 3.05) is 4.90 Å². The summed E-state index contributed by atoms with van der Waals surface area (Å²) in [6.07, 6.45) is 10.1. The second-order valence-corrected chi connectivity index (χ2v) is 9.93. The molecule has 1 aromatic carbocycles. The fourth-order valence-corrected chi connectivity index (χ4v) is 5.54. The van der Waals surface area contributed by atoms with Crippen LogP contribution < -0.4 is 15.9 Å². The van der Waals surface area contributed by atoms with Crippen LogP contribution in [0.3, 0.4) is 0 Å². The Bertz CT molecular complexity index is 1300. The molecule has 2 bridgehead atoms. The minimum atomic E-state index is -0.704. The van der Waals surface area contributed by atoms with Crippen molar-refractivity contribution in [2.24, 2.45) is 7.05 Å². The topological polar surface area (TPSA) is 109 Å². The molecule has 0 spiro atoms. The third-order valence-electron chi connectivity index (χ3n) is 7.45. The molecule has 0 amide bonds. The summed E-state index contributed by atoms with van der Waals surface area (Å²) < 4.78 is 14.8. The van der Waals surface area contributed by atoms with E-state index in [1.54, 1.807) is 18.3 Å². The van der Waals surface area contributed by atoms with E-state index in [9.17, 15) is 14.3 Å². The van der Waals surface area contributed by atoms with Crippen LogP contribution in [0.15, 0.2) is 35.3 Å². The Morgan fingerprint density at radius 2 is 1.86 bits per heavy atom. The number of fused-ring (bicyclic) bond motifs is 2. The van der Waals surface area contributed by atoms with Crippen LogP contribution >= 0.6 is 0 Å². The molecule has 35 heavy (non-hydrogen) atoms. The van der Waals surface area contributed by atoms with E-state index in [0.717, 1.165) is 29.3 Å². The molecule has 2 aromatic heterocycles. The molecule has 3 atom stereocenters. The fourth-order valence-electron chi connectivity index (χ4n) is 5.54. The van der Waals surface area contributed by atoms with E-state index in [0.29, 0.717) is 41.1 Å². The molecule has 2 N–H and O–H groups in total. The molecule has 1 saturated carbocycles.